The highest BCUT2D eigenvalue weighted by Crippen LogP contribution is 2.41. The molecule has 1 atom stereocenters. The molecule has 2 aromatic carbocycles. The van der Waals surface area contributed by atoms with Gasteiger partial charge in [-0.2, -0.15) is 0 Å². The van der Waals surface area contributed by atoms with E-state index >= 15 is 0 Å². The summed E-state index contributed by atoms with van der Waals surface area (Å²) >= 11 is 0. The lowest BCUT2D eigenvalue weighted by Gasteiger charge is -2.35. The fourth-order valence-electron chi connectivity index (χ4n) is 7.37. The van der Waals surface area contributed by atoms with Crippen molar-refractivity contribution < 1.29 is 29.3 Å². The molecule has 8 nitrogen and oxygen atoms in total. The topological polar surface area (TPSA) is 86.3 Å². The SMILES string of the molecule is CCC1CCC(c2cc(C(=O)N3CCN(C(=O)c4cc(F)cc(N5CC[NH2+]CC5)c4)CC3)ccc2O[C@H]2CC[NH2+]C2)CC1. The third-order valence-electron chi connectivity index (χ3n) is 10.1. The molecular formula is C34H48FN5O3+2. The zero-order valence-corrected chi connectivity index (χ0v) is 25.6. The van der Waals surface area contributed by atoms with Crippen molar-refractivity contribution in [3.05, 3.63) is 58.9 Å². The molecule has 232 valence electrons. The third-order valence-corrected chi connectivity index (χ3v) is 10.1. The van der Waals surface area contributed by atoms with E-state index in [4.69, 9.17) is 4.74 Å². The summed E-state index contributed by atoms with van der Waals surface area (Å²) in [4.78, 5) is 32.9. The number of carbonyl (C=O) groups is 2. The van der Waals surface area contributed by atoms with Gasteiger partial charge in [0.15, 0.2) is 6.10 Å². The summed E-state index contributed by atoms with van der Waals surface area (Å²) < 4.78 is 21.0. The second kappa shape index (κ2) is 13.6. The van der Waals surface area contributed by atoms with Gasteiger partial charge in [0.1, 0.15) is 18.1 Å². The average Bonchev–Trinajstić information content (AvgIpc) is 3.58. The Balaban J connectivity index is 1.12. The van der Waals surface area contributed by atoms with E-state index in [1.165, 1.54) is 37.0 Å². The van der Waals surface area contributed by atoms with Gasteiger partial charge in [-0.15, -0.1) is 0 Å². The van der Waals surface area contributed by atoms with Gasteiger partial charge >= 0.3 is 0 Å². The number of halogens is 1. The molecule has 0 unspecified atom stereocenters. The van der Waals surface area contributed by atoms with E-state index in [9.17, 15) is 14.0 Å². The van der Waals surface area contributed by atoms with Crippen molar-refractivity contribution in [2.75, 3.05) is 70.3 Å². The molecule has 1 aliphatic carbocycles. The number of anilines is 1. The maximum Gasteiger partial charge on any atom is 0.254 e. The number of hydrogen-bond donors (Lipinski definition) is 2. The molecule has 3 aliphatic heterocycles. The third kappa shape index (κ3) is 6.99. The van der Waals surface area contributed by atoms with Gasteiger partial charge in [-0.3, -0.25) is 9.59 Å². The molecular weight excluding hydrogens is 545 g/mol. The first-order chi connectivity index (χ1) is 21.0. The van der Waals surface area contributed by atoms with Crippen LogP contribution in [-0.2, 0) is 0 Å². The molecule has 6 rings (SSSR count). The Morgan fingerprint density at radius 1 is 0.814 bits per heavy atom. The number of nitrogens with zero attached hydrogens (tertiary/aromatic N) is 3. The van der Waals surface area contributed by atoms with Crippen molar-refractivity contribution in [1.82, 2.24) is 9.80 Å². The molecule has 3 saturated heterocycles. The molecule has 0 radical (unpaired) electrons. The maximum atomic E-state index is 14.5. The number of ether oxygens (including phenoxy) is 1. The van der Waals surface area contributed by atoms with Crippen LogP contribution in [-0.4, -0.2) is 93.2 Å². The lowest BCUT2D eigenvalue weighted by Crippen LogP contribution is -2.89. The summed E-state index contributed by atoms with van der Waals surface area (Å²) in [5.41, 5.74) is 3.03. The van der Waals surface area contributed by atoms with E-state index in [0.29, 0.717) is 43.2 Å². The van der Waals surface area contributed by atoms with E-state index in [1.54, 1.807) is 4.90 Å². The van der Waals surface area contributed by atoms with E-state index in [0.717, 1.165) is 75.9 Å². The number of benzene rings is 2. The molecule has 4 aliphatic rings. The molecule has 3 heterocycles. The van der Waals surface area contributed by atoms with Gasteiger partial charge in [0.25, 0.3) is 11.8 Å². The number of hydrogen-bond acceptors (Lipinski definition) is 4. The molecule has 9 heteroatoms. The Labute approximate surface area is 254 Å². The zero-order valence-electron chi connectivity index (χ0n) is 25.6. The molecule has 2 aromatic rings. The lowest BCUT2D eigenvalue weighted by atomic mass is 9.77. The van der Waals surface area contributed by atoms with Gasteiger partial charge in [-0.25, -0.2) is 4.39 Å². The predicted octanol–water partition coefficient (Wildman–Crippen LogP) is 2.21. The Hall–Kier alpha value is -3.17. The van der Waals surface area contributed by atoms with Crippen molar-refractivity contribution in [3.8, 4) is 5.75 Å². The lowest BCUT2D eigenvalue weighted by molar-refractivity contribution is -0.655. The second-order valence-corrected chi connectivity index (χ2v) is 12.9. The van der Waals surface area contributed by atoms with Crippen LogP contribution in [0.1, 0.15) is 77.6 Å². The molecule has 4 N–H and O–H groups in total. The smallest absolute Gasteiger partial charge is 0.254 e. The van der Waals surface area contributed by atoms with Crippen LogP contribution in [0.3, 0.4) is 0 Å². The molecule has 2 amide bonds. The molecule has 1 saturated carbocycles. The van der Waals surface area contributed by atoms with Gasteiger partial charge in [0.05, 0.1) is 32.7 Å². The van der Waals surface area contributed by atoms with Crippen LogP contribution in [0.25, 0.3) is 0 Å². The number of nitrogens with two attached hydrogens (primary N) is 2. The van der Waals surface area contributed by atoms with Crippen molar-refractivity contribution >= 4 is 17.5 Å². The Morgan fingerprint density at radius 3 is 2.16 bits per heavy atom. The maximum absolute atomic E-state index is 14.5. The van der Waals surface area contributed by atoms with Crippen molar-refractivity contribution in [2.24, 2.45) is 5.92 Å². The molecule has 0 bridgehead atoms. The summed E-state index contributed by atoms with van der Waals surface area (Å²) in [6.45, 7) is 9.77. The minimum absolute atomic E-state index is 0.00582. The summed E-state index contributed by atoms with van der Waals surface area (Å²) in [5.74, 6) is 1.62. The summed E-state index contributed by atoms with van der Waals surface area (Å²) in [6, 6.07) is 10.7. The standard InChI is InChI=1S/C34H46FN5O3/c1-2-24-3-5-25(6-4-24)31-21-26(7-8-32(31)43-30-9-10-37-23-30)33(41)39-15-17-40(18-16-39)34(42)27-19-28(35)22-29(20-27)38-13-11-36-12-14-38/h7-8,19-22,24-25,30,36-37H,2-6,9-18,23H2,1H3/p+2/t24?,25?,30-/m0/s1. The van der Waals surface area contributed by atoms with Crippen LogP contribution in [0.4, 0.5) is 10.1 Å². The fraction of sp³-hybridized carbons (Fsp3) is 0.588. The normalized spacial score (nSPS) is 24.7. The highest BCUT2D eigenvalue weighted by molar-refractivity contribution is 5.96. The first-order valence-electron chi connectivity index (χ1n) is 16.6. The Bertz CT molecular complexity index is 1280. The summed E-state index contributed by atoms with van der Waals surface area (Å²) in [7, 11) is 0. The largest absolute Gasteiger partial charge is 0.484 e. The van der Waals surface area contributed by atoms with Crippen LogP contribution in [0.2, 0.25) is 0 Å². The molecule has 4 fully saturated rings. The first kappa shape index (κ1) is 29.9. The quantitative estimate of drug-likeness (QED) is 0.516. The number of amides is 2. The minimum atomic E-state index is -0.387. The highest BCUT2D eigenvalue weighted by Gasteiger charge is 2.30. The van der Waals surface area contributed by atoms with Crippen LogP contribution >= 0.6 is 0 Å². The van der Waals surface area contributed by atoms with E-state index < -0.39 is 0 Å². The number of carbonyl (C=O) groups excluding carboxylic acids is 2. The highest BCUT2D eigenvalue weighted by atomic mass is 19.1. The second-order valence-electron chi connectivity index (χ2n) is 12.9. The van der Waals surface area contributed by atoms with Crippen LogP contribution in [0, 0.1) is 11.7 Å². The van der Waals surface area contributed by atoms with Gasteiger partial charge in [0, 0.05) is 49.4 Å². The van der Waals surface area contributed by atoms with Gasteiger partial charge < -0.3 is 30.1 Å². The monoisotopic (exact) mass is 593 g/mol. The molecule has 43 heavy (non-hydrogen) atoms. The van der Waals surface area contributed by atoms with Crippen molar-refractivity contribution in [1.29, 1.82) is 0 Å². The van der Waals surface area contributed by atoms with Gasteiger partial charge in [-0.1, -0.05) is 13.3 Å². The number of rotatable bonds is 7. The first-order valence-corrected chi connectivity index (χ1v) is 16.6. The van der Waals surface area contributed by atoms with Crippen molar-refractivity contribution in [2.45, 2.75) is 57.5 Å². The van der Waals surface area contributed by atoms with E-state index in [2.05, 4.69) is 28.5 Å². The predicted molar refractivity (Wildman–Crippen MR) is 164 cm³/mol. The molecule has 0 spiro atoms. The van der Waals surface area contributed by atoms with E-state index in [1.807, 2.05) is 23.1 Å². The van der Waals surface area contributed by atoms with Crippen molar-refractivity contribution in [3.63, 3.8) is 0 Å². The summed E-state index contributed by atoms with van der Waals surface area (Å²) in [6.07, 6.45) is 7.26. The fourth-order valence-corrected chi connectivity index (χ4v) is 7.37. The number of piperazine rings is 2. The van der Waals surface area contributed by atoms with E-state index in [-0.39, 0.29) is 23.7 Å². The molecule has 0 aromatic heterocycles. The Morgan fingerprint density at radius 2 is 1.51 bits per heavy atom. The van der Waals surface area contributed by atoms with Gasteiger partial charge in [-0.05, 0) is 79.5 Å². The zero-order chi connectivity index (χ0) is 29.8. The van der Waals surface area contributed by atoms with Crippen LogP contribution in [0.15, 0.2) is 36.4 Å². The van der Waals surface area contributed by atoms with Crippen LogP contribution in [0.5, 0.6) is 5.75 Å². The number of quaternary nitrogens is 2. The van der Waals surface area contributed by atoms with Gasteiger partial charge in [0.2, 0.25) is 0 Å². The summed E-state index contributed by atoms with van der Waals surface area (Å²) in [5, 5.41) is 4.55. The average molecular weight is 594 g/mol. The van der Waals surface area contributed by atoms with Crippen LogP contribution < -0.4 is 20.3 Å². The minimum Gasteiger partial charge on any atom is -0.484 e. The Kier molecular flexibility index (Phi) is 9.48.